The molecule has 5 nitrogen and oxygen atoms in total. The molecule has 120 valence electrons. The molecule has 1 aromatic heterocycles. The number of benzene rings is 1. The standard InChI is InChI=1S/C18H19NO4/c20-14-9-16(23-15-6-2-1-5-13(14)15)17(21)19-12-10-18(22-11-12)7-3-4-8-18/h1-2,5-6,9,12H,3-4,7-8,10-11H2,(H,19,21)/t12-/m1/s1. The molecule has 1 aromatic carbocycles. The highest BCUT2D eigenvalue weighted by atomic mass is 16.5. The van der Waals surface area contributed by atoms with Crippen molar-refractivity contribution in [3.05, 3.63) is 46.3 Å². The quantitative estimate of drug-likeness (QED) is 0.925. The molecule has 2 aliphatic rings. The predicted octanol–water partition coefficient (Wildman–Crippen LogP) is 2.62. The van der Waals surface area contributed by atoms with E-state index < -0.39 is 0 Å². The Morgan fingerprint density at radius 2 is 2.00 bits per heavy atom. The first-order chi connectivity index (χ1) is 11.2. The summed E-state index contributed by atoms with van der Waals surface area (Å²) in [5.41, 5.74) is 0.189. The Bertz CT molecular complexity index is 804. The van der Waals surface area contributed by atoms with Crippen LogP contribution in [0.3, 0.4) is 0 Å². The summed E-state index contributed by atoms with van der Waals surface area (Å²) in [7, 11) is 0. The molecule has 1 saturated carbocycles. The van der Waals surface area contributed by atoms with Gasteiger partial charge in [0.25, 0.3) is 5.91 Å². The maximum absolute atomic E-state index is 12.4. The second-order valence-corrected chi connectivity index (χ2v) is 6.55. The second kappa shape index (κ2) is 5.49. The zero-order valence-corrected chi connectivity index (χ0v) is 12.8. The lowest BCUT2D eigenvalue weighted by Crippen LogP contribution is -2.36. The Hall–Kier alpha value is -2.14. The van der Waals surface area contributed by atoms with Gasteiger partial charge in [0.1, 0.15) is 5.58 Å². The molecular weight excluding hydrogens is 294 g/mol. The van der Waals surface area contributed by atoms with Crippen LogP contribution < -0.4 is 10.7 Å². The van der Waals surface area contributed by atoms with Crippen LogP contribution in [0.15, 0.2) is 39.5 Å². The van der Waals surface area contributed by atoms with E-state index in [0.29, 0.717) is 17.6 Å². The van der Waals surface area contributed by atoms with Crippen LogP contribution in [0, 0.1) is 0 Å². The van der Waals surface area contributed by atoms with Gasteiger partial charge < -0.3 is 14.5 Å². The van der Waals surface area contributed by atoms with Crippen LogP contribution >= 0.6 is 0 Å². The van der Waals surface area contributed by atoms with Crippen molar-refractivity contribution in [2.24, 2.45) is 0 Å². The fourth-order valence-corrected chi connectivity index (χ4v) is 3.78. The van der Waals surface area contributed by atoms with E-state index in [2.05, 4.69) is 5.32 Å². The van der Waals surface area contributed by atoms with Crippen molar-refractivity contribution in [1.29, 1.82) is 0 Å². The van der Waals surface area contributed by atoms with E-state index in [9.17, 15) is 9.59 Å². The van der Waals surface area contributed by atoms with E-state index in [1.807, 2.05) is 0 Å². The fourth-order valence-electron chi connectivity index (χ4n) is 3.78. The molecule has 2 fully saturated rings. The lowest BCUT2D eigenvalue weighted by Gasteiger charge is -2.21. The van der Waals surface area contributed by atoms with Crippen LogP contribution in [0.4, 0.5) is 0 Å². The first-order valence-electron chi connectivity index (χ1n) is 8.13. The number of amides is 1. The van der Waals surface area contributed by atoms with E-state index in [1.54, 1.807) is 24.3 Å². The van der Waals surface area contributed by atoms with Crippen LogP contribution in [-0.4, -0.2) is 24.2 Å². The van der Waals surface area contributed by atoms with Crippen LogP contribution in [0.5, 0.6) is 0 Å². The molecule has 1 atom stereocenters. The third kappa shape index (κ3) is 2.65. The normalized spacial score (nSPS) is 22.7. The molecule has 2 aromatic rings. The average Bonchev–Trinajstić information content (AvgIpc) is 3.17. The largest absolute Gasteiger partial charge is 0.451 e. The van der Waals surface area contributed by atoms with Gasteiger partial charge in [-0.2, -0.15) is 0 Å². The number of rotatable bonds is 2. The molecule has 2 heterocycles. The molecule has 1 aliphatic heterocycles. The molecule has 23 heavy (non-hydrogen) atoms. The second-order valence-electron chi connectivity index (χ2n) is 6.55. The number of hydrogen-bond acceptors (Lipinski definition) is 4. The molecule has 1 N–H and O–H groups in total. The van der Waals surface area contributed by atoms with E-state index in [1.165, 1.54) is 18.9 Å². The van der Waals surface area contributed by atoms with Crippen LogP contribution in [0.1, 0.15) is 42.7 Å². The predicted molar refractivity (Wildman–Crippen MR) is 85.5 cm³/mol. The van der Waals surface area contributed by atoms with Crippen molar-refractivity contribution in [3.8, 4) is 0 Å². The number of ether oxygens (including phenoxy) is 1. The zero-order valence-electron chi connectivity index (χ0n) is 12.8. The number of nitrogens with one attached hydrogen (secondary N) is 1. The van der Waals surface area contributed by atoms with Crippen LogP contribution in [-0.2, 0) is 4.74 Å². The molecule has 4 rings (SSSR count). The molecule has 1 aliphatic carbocycles. The Morgan fingerprint density at radius 3 is 2.83 bits per heavy atom. The molecule has 1 amide bonds. The molecule has 0 radical (unpaired) electrons. The van der Waals surface area contributed by atoms with Crippen molar-refractivity contribution in [1.82, 2.24) is 5.32 Å². The highest BCUT2D eigenvalue weighted by Gasteiger charge is 2.42. The van der Waals surface area contributed by atoms with Gasteiger partial charge in [-0.15, -0.1) is 0 Å². The lowest BCUT2D eigenvalue weighted by atomic mass is 9.96. The van der Waals surface area contributed by atoms with E-state index >= 15 is 0 Å². The molecule has 1 spiro atoms. The number of hydrogen-bond donors (Lipinski definition) is 1. The maximum Gasteiger partial charge on any atom is 0.287 e. The Morgan fingerprint density at radius 1 is 1.22 bits per heavy atom. The molecule has 0 unspecified atom stereocenters. The summed E-state index contributed by atoms with van der Waals surface area (Å²) in [5.74, 6) is -0.294. The summed E-state index contributed by atoms with van der Waals surface area (Å²) >= 11 is 0. The maximum atomic E-state index is 12.4. The lowest BCUT2D eigenvalue weighted by molar-refractivity contribution is 0.00987. The van der Waals surface area contributed by atoms with Gasteiger partial charge in [-0.1, -0.05) is 25.0 Å². The fraction of sp³-hybridized carbons (Fsp3) is 0.444. The molecule has 0 bridgehead atoms. The zero-order chi connectivity index (χ0) is 15.9. The van der Waals surface area contributed by atoms with Gasteiger partial charge in [0, 0.05) is 6.07 Å². The van der Waals surface area contributed by atoms with Gasteiger partial charge in [0.15, 0.2) is 11.2 Å². The number of fused-ring (bicyclic) bond motifs is 1. The van der Waals surface area contributed by atoms with Crippen molar-refractivity contribution in [2.75, 3.05) is 6.61 Å². The first kappa shape index (κ1) is 14.5. The summed E-state index contributed by atoms with van der Waals surface area (Å²) in [6, 6.07) is 8.19. The first-order valence-corrected chi connectivity index (χ1v) is 8.13. The molecular formula is C18H19NO4. The van der Waals surface area contributed by atoms with Gasteiger partial charge in [-0.3, -0.25) is 9.59 Å². The van der Waals surface area contributed by atoms with Crippen molar-refractivity contribution in [3.63, 3.8) is 0 Å². The summed E-state index contributed by atoms with van der Waals surface area (Å²) in [6.45, 7) is 0.531. The van der Waals surface area contributed by atoms with Crippen molar-refractivity contribution in [2.45, 2.75) is 43.7 Å². The summed E-state index contributed by atoms with van der Waals surface area (Å²) in [6.07, 6.45) is 5.38. The van der Waals surface area contributed by atoms with Gasteiger partial charge in [-0.25, -0.2) is 0 Å². The van der Waals surface area contributed by atoms with Crippen LogP contribution in [0.2, 0.25) is 0 Å². The summed E-state index contributed by atoms with van der Waals surface area (Å²) in [5, 5.41) is 3.43. The Labute approximate surface area is 133 Å². The van der Waals surface area contributed by atoms with Gasteiger partial charge in [0.2, 0.25) is 0 Å². The molecule has 1 saturated heterocycles. The third-order valence-corrected chi connectivity index (χ3v) is 4.92. The van der Waals surface area contributed by atoms with Crippen molar-refractivity contribution >= 4 is 16.9 Å². The number of carbonyl (C=O) groups excluding carboxylic acids is 1. The summed E-state index contributed by atoms with van der Waals surface area (Å²) in [4.78, 5) is 24.5. The van der Waals surface area contributed by atoms with Crippen LogP contribution in [0.25, 0.3) is 11.0 Å². The SMILES string of the molecule is O=C(N[C@H]1COC2(CCCC2)C1)c1cc(=O)c2ccccc2o1. The monoisotopic (exact) mass is 313 g/mol. The minimum Gasteiger partial charge on any atom is -0.451 e. The summed E-state index contributed by atoms with van der Waals surface area (Å²) < 4.78 is 11.5. The topological polar surface area (TPSA) is 68.5 Å². The van der Waals surface area contributed by atoms with E-state index in [-0.39, 0.29) is 28.7 Å². The molecule has 5 heteroatoms. The van der Waals surface area contributed by atoms with Gasteiger partial charge >= 0.3 is 0 Å². The van der Waals surface area contributed by atoms with E-state index in [0.717, 1.165) is 19.3 Å². The van der Waals surface area contributed by atoms with Crippen molar-refractivity contribution < 1.29 is 13.9 Å². The van der Waals surface area contributed by atoms with Gasteiger partial charge in [-0.05, 0) is 31.4 Å². The number of para-hydroxylation sites is 1. The third-order valence-electron chi connectivity index (χ3n) is 4.92. The minimum absolute atomic E-state index is 0.0163. The average molecular weight is 313 g/mol. The minimum atomic E-state index is -0.350. The highest BCUT2D eigenvalue weighted by Crippen LogP contribution is 2.40. The van der Waals surface area contributed by atoms with Gasteiger partial charge in [0.05, 0.1) is 23.6 Å². The number of carbonyl (C=O) groups is 1. The van der Waals surface area contributed by atoms with E-state index in [4.69, 9.17) is 9.15 Å². The Balaban J connectivity index is 1.52. The smallest absolute Gasteiger partial charge is 0.287 e. The Kier molecular flexibility index (Phi) is 3.45. The highest BCUT2D eigenvalue weighted by molar-refractivity contribution is 5.93.